The first-order valence-electron chi connectivity index (χ1n) is 2.65. The molecule has 0 aromatic heterocycles. The van der Waals surface area contributed by atoms with Gasteiger partial charge in [-0.1, -0.05) is 11.6 Å². The Balaban J connectivity index is 3.23. The SMILES string of the molecule is N#Cc1ccc([OH2+])cc1Cl. The van der Waals surface area contributed by atoms with Crippen molar-refractivity contribution in [1.82, 2.24) is 0 Å². The highest BCUT2D eigenvalue weighted by Crippen LogP contribution is 2.20. The first kappa shape index (κ1) is 6.91. The van der Waals surface area contributed by atoms with Crippen LogP contribution in [0.4, 0.5) is 0 Å². The van der Waals surface area contributed by atoms with Crippen molar-refractivity contribution in [3.8, 4) is 11.8 Å². The molecule has 0 atom stereocenters. The quantitative estimate of drug-likeness (QED) is 0.524. The summed E-state index contributed by atoms with van der Waals surface area (Å²) in [5.74, 6) is 0.323. The van der Waals surface area contributed by atoms with Gasteiger partial charge in [0.2, 0.25) is 0 Å². The maximum atomic E-state index is 8.41. The topological polar surface area (TPSA) is 46.7 Å². The largest absolute Gasteiger partial charge is 0.593 e. The molecule has 0 amide bonds. The standard InChI is InChI=1S/C7H4ClNO/c8-7-3-6(10)2-1-5(7)4-9/h1-3,10H/p+1. The zero-order chi connectivity index (χ0) is 7.56. The van der Waals surface area contributed by atoms with Crippen LogP contribution in [-0.4, -0.2) is 5.11 Å². The fourth-order valence-corrected chi connectivity index (χ4v) is 0.829. The number of hydrogen-bond donors (Lipinski definition) is 0. The van der Waals surface area contributed by atoms with Gasteiger partial charge in [0.25, 0.3) is 5.75 Å². The van der Waals surface area contributed by atoms with Crippen LogP contribution < -0.4 is 0 Å². The summed E-state index contributed by atoms with van der Waals surface area (Å²) >= 11 is 5.59. The molecule has 0 saturated heterocycles. The van der Waals surface area contributed by atoms with Crippen molar-refractivity contribution in [2.24, 2.45) is 0 Å². The lowest BCUT2D eigenvalue weighted by molar-refractivity contribution is 0.475. The van der Waals surface area contributed by atoms with Crippen molar-refractivity contribution in [2.45, 2.75) is 0 Å². The van der Waals surface area contributed by atoms with Crippen LogP contribution in [0.2, 0.25) is 5.02 Å². The summed E-state index contributed by atoms with van der Waals surface area (Å²) in [4.78, 5) is 0. The maximum Gasteiger partial charge on any atom is 0.255 e. The maximum absolute atomic E-state index is 8.41. The van der Waals surface area contributed by atoms with E-state index in [9.17, 15) is 0 Å². The smallest absolute Gasteiger partial charge is 0.255 e. The first-order chi connectivity index (χ1) is 4.74. The summed E-state index contributed by atoms with van der Waals surface area (Å²) in [6, 6.07) is 6.42. The second-order valence-corrected chi connectivity index (χ2v) is 2.21. The molecule has 0 aliphatic heterocycles. The molecule has 0 unspecified atom stereocenters. The molecule has 2 N–H and O–H groups in total. The lowest BCUT2D eigenvalue weighted by Gasteiger charge is -1.90. The molecule has 1 aromatic rings. The molecule has 1 aromatic carbocycles. The molecule has 1 rings (SSSR count). The number of nitrogens with zero attached hydrogens (tertiary/aromatic N) is 1. The van der Waals surface area contributed by atoms with Crippen molar-refractivity contribution in [3.05, 3.63) is 28.8 Å². The van der Waals surface area contributed by atoms with Gasteiger partial charge >= 0.3 is 0 Å². The highest BCUT2D eigenvalue weighted by atomic mass is 35.5. The van der Waals surface area contributed by atoms with Gasteiger partial charge in [-0.3, -0.25) is 0 Å². The van der Waals surface area contributed by atoms with Crippen LogP contribution in [-0.2, 0) is 0 Å². The number of halogens is 1. The van der Waals surface area contributed by atoms with Crippen LogP contribution in [0.25, 0.3) is 0 Å². The average Bonchev–Trinajstić information content (AvgIpc) is 1.88. The fraction of sp³-hybridized carbons (Fsp3) is 0. The van der Waals surface area contributed by atoms with E-state index < -0.39 is 0 Å². The van der Waals surface area contributed by atoms with E-state index in [0.717, 1.165) is 0 Å². The number of benzene rings is 1. The Labute approximate surface area is 63.3 Å². The predicted octanol–water partition coefficient (Wildman–Crippen LogP) is 1.65. The molecule has 3 heteroatoms. The molecule has 0 radical (unpaired) electrons. The number of nitriles is 1. The molecule has 10 heavy (non-hydrogen) atoms. The normalized spacial score (nSPS) is 8.80. The summed E-state index contributed by atoms with van der Waals surface area (Å²) in [6.45, 7) is 0. The molecule has 0 aliphatic rings. The van der Waals surface area contributed by atoms with E-state index in [1.165, 1.54) is 18.2 Å². The van der Waals surface area contributed by atoms with E-state index in [2.05, 4.69) is 0 Å². The second kappa shape index (κ2) is 2.59. The Morgan fingerprint density at radius 1 is 1.50 bits per heavy atom. The number of hydrogen-bond acceptors (Lipinski definition) is 1. The molecule has 2 nitrogen and oxygen atoms in total. The van der Waals surface area contributed by atoms with E-state index in [1.54, 1.807) is 0 Å². The molecule has 50 valence electrons. The van der Waals surface area contributed by atoms with Crippen molar-refractivity contribution in [2.75, 3.05) is 0 Å². The lowest BCUT2D eigenvalue weighted by atomic mass is 10.2. The zero-order valence-corrected chi connectivity index (χ0v) is 5.81. The van der Waals surface area contributed by atoms with Gasteiger partial charge in [-0.05, 0) is 6.07 Å². The van der Waals surface area contributed by atoms with Crippen LogP contribution in [0.1, 0.15) is 5.56 Å². The van der Waals surface area contributed by atoms with Gasteiger partial charge in [0, 0.05) is 6.07 Å². The minimum atomic E-state index is 0.323. The van der Waals surface area contributed by atoms with Crippen LogP contribution in [0.5, 0.6) is 5.75 Å². The van der Waals surface area contributed by atoms with Crippen molar-refractivity contribution in [3.63, 3.8) is 0 Å². The summed E-state index contributed by atoms with van der Waals surface area (Å²) in [5, 5.41) is 15.9. The summed E-state index contributed by atoms with van der Waals surface area (Å²) < 4.78 is 0. The number of rotatable bonds is 0. The molecular weight excluding hydrogens is 150 g/mol. The molecular formula is C7H5ClNO+. The van der Waals surface area contributed by atoms with Crippen LogP contribution >= 0.6 is 11.6 Å². The highest BCUT2D eigenvalue weighted by molar-refractivity contribution is 6.31. The third-order valence-corrected chi connectivity index (χ3v) is 1.40. The van der Waals surface area contributed by atoms with Crippen LogP contribution in [0.3, 0.4) is 0 Å². The van der Waals surface area contributed by atoms with Crippen LogP contribution in [0, 0.1) is 11.3 Å². The average molecular weight is 155 g/mol. The van der Waals surface area contributed by atoms with E-state index >= 15 is 0 Å². The Hall–Kier alpha value is -1.20. The van der Waals surface area contributed by atoms with Crippen molar-refractivity contribution < 1.29 is 5.11 Å². The second-order valence-electron chi connectivity index (χ2n) is 1.81. The van der Waals surface area contributed by atoms with Gasteiger partial charge in [-0.15, -0.1) is 0 Å². The van der Waals surface area contributed by atoms with E-state index in [4.69, 9.17) is 22.0 Å². The summed E-state index contributed by atoms with van der Waals surface area (Å²) in [6.07, 6.45) is 0. The Kier molecular flexibility index (Phi) is 1.79. The Bertz CT molecular complexity index is 290. The van der Waals surface area contributed by atoms with Gasteiger partial charge in [0.1, 0.15) is 6.07 Å². The van der Waals surface area contributed by atoms with Crippen molar-refractivity contribution in [1.29, 1.82) is 5.26 Å². The van der Waals surface area contributed by atoms with Gasteiger partial charge in [0.15, 0.2) is 0 Å². The molecule has 0 aliphatic carbocycles. The third-order valence-electron chi connectivity index (χ3n) is 1.09. The van der Waals surface area contributed by atoms with Gasteiger partial charge in [-0.2, -0.15) is 5.26 Å². The molecule has 0 saturated carbocycles. The summed E-state index contributed by atoms with van der Waals surface area (Å²) in [5.41, 5.74) is 0.415. The third kappa shape index (κ3) is 1.20. The van der Waals surface area contributed by atoms with E-state index in [1.807, 2.05) is 6.07 Å². The van der Waals surface area contributed by atoms with Crippen LogP contribution in [0.15, 0.2) is 18.2 Å². The Morgan fingerprint density at radius 2 is 2.20 bits per heavy atom. The molecule has 0 bridgehead atoms. The minimum Gasteiger partial charge on any atom is -0.593 e. The highest BCUT2D eigenvalue weighted by Gasteiger charge is 2.00. The lowest BCUT2D eigenvalue weighted by Crippen LogP contribution is -1.74. The monoisotopic (exact) mass is 154 g/mol. The zero-order valence-electron chi connectivity index (χ0n) is 5.06. The predicted molar refractivity (Wildman–Crippen MR) is 39.2 cm³/mol. The fourth-order valence-electron chi connectivity index (χ4n) is 0.606. The van der Waals surface area contributed by atoms with E-state index in [0.29, 0.717) is 16.3 Å². The molecule has 0 spiro atoms. The molecule has 0 heterocycles. The Morgan fingerprint density at radius 3 is 2.70 bits per heavy atom. The van der Waals surface area contributed by atoms with Gasteiger partial charge < -0.3 is 5.11 Å². The van der Waals surface area contributed by atoms with Crippen molar-refractivity contribution >= 4 is 11.6 Å². The minimum absolute atomic E-state index is 0.323. The first-order valence-corrected chi connectivity index (χ1v) is 3.03. The van der Waals surface area contributed by atoms with Gasteiger partial charge in [-0.25, -0.2) is 0 Å². The van der Waals surface area contributed by atoms with E-state index in [-0.39, 0.29) is 0 Å². The summed E-state index contributed by atoms with van der Waals surface area (Å²) in [7, 11) is 0. The van der Waals surface area contributed by atoms with Gasteiger partial charge in [0.05, 0.1) is 16.7 Å². The molecule has 0 fully saturated rings.